The first-order valence-corrected chi connectivity index (χ1v) is 6.98. The Balaban J connectivity index is 1.97. The first-order chi connectivity index (χ1) is 10.2. The Kier molecular flexibility index (Phi) is 3.49. The molecule has 0 N–H and O–H groups in total. The Morgan fingerprint density at radius 2 is 1.76 bits per heavy atom. The van der Waals surface area contributed by atoms with Gasteiger partial charge < -0.3 is 0 Å². The molecule has 2 aromatic rings. The molecule has 0 saturated carbocycles. The van der Waals surface area contributed by atoms with Crippen molar-refractivity contribution >= 4 is 23.3 Å². The van der Waals surface area contributed by atoms with E-state index in [0.717, 1.165) is 17.4 Å². The SMILES string of the molecule is CC1=C(Sc2nnnn2-c2ccccc2)C(=O)C=CC1=O. The van der Waals surface area contributed by atoms with E-state index < -0.39 is 0 Å². The summed E-state index contributed by atoms with van der Waals surface area (Å²) < 4.78 is 1.53. The van der Waals surface area contributed by atoms with Crippen molar-refractivity contribution in [3.05, 3.63) is 53.0 Å². The first-order valence-electron chi connectivity index (χ1n) is 6.16. The first kappa shape index (κ1) is 13.4. The van der Waals surface area contributed by atoms with Crippen LogP contribution in [0.2, 0.25) is 0 Å². The minimum atomic E-state index is -0.209. The van der Waals surface area contributed by atoms with Gasteiger partial charge in [0, 0.05) is 5.57 Å². The summed E-state index contributed by atoms with van der Waals surface area (Å²) in [5, 5.41) is 11.9. The molecule has 1 aliphatic carbocycles. The van der Waals surface area contributed by atoms with Gasteiger partial charge in [-0.1, -0.05) is 18.2 Å². The Morgan fingerprint density at radius 1 is 1.05 bits per heavy atom. The van der Waals surface area contributed by atoms with Crippen LogP contribution >= 0.6 is 11.8 Å². The largest absolute Gasteiger partial charge is 0.290 e. The Hall–Kier alpha value is -2.54. The molecule has 1 aromatic heterocycles. The summed E-state index contributed by atoms with van der Waals surface area (Å²) in [6.45, 7) is 1.63. The van der Waals surface area contributed by atoms with Crippen LogP contribution in [-0.2, 0) is 9.59 Å². The smallest absolute Gasteiger partial charge is 0.219 e. The number of carbonyl (C=O) groups is 2. The lowest BCUT2D eigenvalue weighted by Gasteiger charge is -2.10. The number of carbonyl (C=O) groups excluding carboxylic acids is 2. The number of thioether (sulfide) groups is 1. The second kappa shape index (κ2) is 5.45. The molecule has 21 heavy (non-hydrogen) atoms. The fraction of sp³-hybridized carbons (Fsp3) is 0.0714. The molecule has 104 valence electrons. The van der Waals surface area contributed by atoms with Crippen molar-refractivity contribution in [3.63, 3.8) is 0 Å². The number of hydrogen-bond donors (Lipinski definition) is 0. The van der Waals surface area contributed by atoms with E-state index in [1.807, 2.05) is 30.3 Å². The lowest BCUT2D eigenvalue weighted by Crippen LogP contribution is -2.11. The number of para-hydroxylation sites is 1. The fourth-order valence-electron chi connectivity index (χ4n) is 1.84. The molecule has 0 spiro atoms. The highest BCUT2D eigenvalue weighted by Crippen LogP contribution is 2.31. The second-order valence-electron chi connectivity index (χ2n) is 4.33. The molecule has 0 bridgehead atoms. The molecule has 0 atom stereocenters. The Morgan fingerprint density at radius 3 is 2.52 bits per heavy atom. The van der Waals surface area contributed by atoms with E-state index in [0.29, 0.717) is 15.6 Å². The van der Waals surface area contributed by atoms with E-state index in [1.54, 1.807) is 6.92 Å². The maximum atomic E-state index is 11.9. The van der Waals surface area contributed by atoms with Crippen LogP contribution in [0.1, 0.15) is 6.92 Å². The number of ketones is 2. The average molecular weight is 298 g/mol. The molecule has 1 aliphatic rings. The van der Waals surface area contributed by atoms with Gasteiger partial charge in [-0.3, -0.25) is 9.59 Å². The summed E-state index contributed by atoms with van der Waals surface area (Å²) in [6.07, 6.45) is 2.55. The van der Waals surface area contributed by atoms with Crippen LogP contribution in [0.5, 0.6) is 0 Å². The minimum Gasteiger partial charge on any atom is -0.290 e. The second-order valence-corrected chi connectivity index (χ2v) is 5.30. The predicted molar refractivity (Wildman–Crippen MR) is 76.9 cm³/mol. The summed E-state index contributed by atoms with van der Waals surface area (Å²) in [7, 11) is 0. The zero-order chi connectivity index (χ0) is 14.8. The van der Waals surface area contributed by atoms with Crippen molar-refractivity contribution in [2.75, 3.05) is 0 Å². The van der Waals surface area contributed by atoms with Crippen molar-refractivity contribution in [3.8, 4) is 5.69 Å². The van der Waals surface area contributed by atoms with E-state index in [2.05, 4.69) is 15.5 Å². The zero-order valence-corrected chi connectivity index (χ0v) is 11.9. The lowest BCUT2D eigenvalue weighted by atomic mass is 10.1. The number of hydrogen-bond acceptors (Lipinski definition) is 6. The number of tetrazole rings is 1. The molecule has 1 aromatic carbocycles. The normalized spacial score (nSPS) is 14.9. The highest BCUT2D eigenvalue weighted by molar-refractivity contribution is 8.04. The fourth-order valence-corrected chi connectivity index (χ4v) is 2.75. The van der Waals surface area contributed by atoms with Crippen molar-refractivity contribution in [2.45, 2.75) is 12.1 Å². The molecule has 0 radical (unpaired) electrons. The summed E-state index contributed by atoms with van der Waals surface area (Å²) in [5.74, 6) is -0.379. The molecular formula is C14H10N4O2S. The van der Waals surface area contributed by atoms with E-state index >= 15 is 0 Å². The highest BCUT2D eigenvalue weighted by Gasteiger charge is 2.23. The topological polar surface area (TPSA) is 77.7 Å². The van der Waals surface area contributed by atoms with Gasteiger partial charge in [0.2, 0.25) is 5.16 Å². The number of allylic oxidation sites excluding steroid dienone is 4. The van der Waals surface area contributed by atoms with Crippen LogP contribution in [0.4, 0.5) is 0 Å². The van der Waals surface area contributed by atoms with Gasteiger partial charge in [0.25, 0.3) is 0 Å². The van der Waals surface area contributed by atoms with Crippen molar-refractivity contribution < 1.29 is 9.59 Å². The third-order valence-corrected chi connectivity index (χ3v) is 4.10. The van der Waals surface area contributed by atoms with Crippen molar-refractivity contribution in [1.82, 2.24) is 20.2 Å². The van der Waals surface area contributed by atoms with Gasteiger partial charge in [-0.2, -0.15) is 4.68 Å². The van der Waals surface area contributed by atoms with Gasteiger partial charge in [0.15, 0.2) is 11.6 Å². The predicted octanol–water partition coefficient (Wildman–Crippen LogP) is 1.74. The van der Waals surface area contributed by atoms with Crippen LogP contribution in [0.15, 0.2) is 58.1 Å². The minimum absolute atomic E-state index is 0.171. The number of benzene rings is 1. The lowest BCUT2D eigenvalue weighted by molar-refractivity contribution is -0.114. The summed E-state index contributed by atoms with van der Waals surface area (Å²) >= 11 is 1.10. The molecule has 7 heteroatoms. The third kappa shape index (κ3) is 2.55. The molecule has 0 aliphatic heterocycles. The van der Waals surface area contributed by atoms with Crippen LogP contribution in [0, 0.1) is 0 Å². The molecule has 0 fully saturated rings. The quantitative estimate of drug-likeness (QED) is 0.803. The third-order valence-electron chi connectivity index (χ3n) is 2.96. The summed E-state index contributed by atoms with van der Waals surface area (Å²) in [5.41, 5.74) is 1.20. The Bertz CT molecular complexity index is 777. The van der Waals surface area contributed by atoms with Gasteiger partial charge in [0.1, 0.15) is 0 Å². The van der Waals surface area contributed by atoms with E-state index in [9.17, 15) is 9.59 Å². The average Bonchev–Trinajstić information content (AvgIpc) is 2.97. The molecule has 6 nitrogen and oxygen atoms in total. The van der Waals surface area contributed by atoms with Crippen molar-refractivity contribution in [1.29, 1.82) is 0 Å². The molecule has 3 rings (SSSR count). The maximum Gasteiger partial charge on any atom is 0.219 e. The Labute approximate surface area is 124 Å². The van der Waals surface area contributed by atoms with Crippen LogP contribution < -0.4 is 0 Å². The van der Waals surface area contributed by atoms with Gasteiger partial charge in [-0.25, -0.2) is 0 Å². The van der Waals surface area contributed by atoms with Gasteiger partial charge in [0.05, 0.1) is 10.6 Å². The van der Waals surface area contributed by atoms with E-state index in [4.69, 9.17) is 0 Å². The van der Waals surface area contributed by atoms with Gasteiger partial charge in [-0.15, -0.1) is 5.10 Å². The highest BCUT2D eigenvalue weighted by atomic mass is 32.2. The maximum absolute atomic E-state index is 11.9. The van der Waals surface area contributed by atoms with Crippen molar-refractivity contribution in [2.24, 2.45) is 0 Å². The number of aromatic nitrogens is 4. The number of nitrogens with zero attached hydrogens (tertiary/aromatic N) is 4. The van der Waals surface area contributed by atoms with Crippen LogP contribution in [0.3, 0.4) is 0 Å². The summed E-state index contributed by atoms with van der Waals surface area (Å²) in [4.78, 5) is 23.9. The molecule has 0 saturated heterocycles. The van der Waals surface area contributed by atoms with Crippen LogP contribution in [-0.4, -0.2) is 31.8 Å². The molecular weight excluding hydrogens is 288 g/mol. The number of rotatable bonds is 3. The van der Waals surface area contributed by atoms with E-state index in [-0.39, 0.29) is 11.6 Å². The zero-order valence-electron chi connectivity index (χ0n) is 11.1. The van der Waals surface area contributed by atoms with Gasteiger partial charge >= 0.3 is 0 Å². The standard InChI is InChI=1S/C14H10N4O2S/c1-9-11(19)7-8-12(20)13(9)21-14-15-16-17-18(14)10-5-3-2-4-6-10/h2-8H,1H3. The molecule has 0 amide bonds. The van der Waals surface area contributed by atoms with Crippen LogP contribution in [0.25, 0.3) is 5.69 Å². The van der Waals surface area contributed by atoms with Gasteiger partial charge in [-0.05, 0) is 53.4 Å². The molecule has 1 heterocycles. The monoisotopic (exact) mass is 298 g/mol. The molecule has 0 unspecified atom stereocenters. The summed E-state index contributed by atoms with van der Waals surface area (Å²) in [6, 6.07) is 9.34. The van der Waals surface area contributed by atoms with E-state index in [1.165, 1.54) is 16.8 Å².